The fourth-order valence-corrected chi connectivity index (χ4v) is 2.56. The minimum atomic E-state index is -0.576. The molecule has 0 saturated carbocycles. The highest BCUT2D eigenvalue weighted by Gasteiger charge is 2.12. The first-order valence-corrected chi connectivity index (χ1v) is 8.48. The SMILES string of the molecule is CC[C@@H](C)c1ccc(NC(=O)/C(C#N)=C/c2cc(O)c(O)c(Cl)c2)cc1. The summed E-state index contributed by atoms with van der Waals surface area (Å²) >= 11 is 5.78. The van der Waals surface area contributed by atoms with Crippen molar-refractivity contribution in [2.45, 2.75) is 26.2 Å². The fraction of sp³-hybridized carbons (Fsp3) is 0.200. The topological polar surface area (TPSA) is 93.4 Å². The van der Waals surface area contributed by atoms with E-state index in [1.807, 2.05) is 18.2 Å². The van der Waals surface area contributed by atoms with Gasteiger partial charge in [0.05, 0.1) is 5.02 Å². The van der Waals surface area contributed by atoms with Crippen molar-refractivity contribution < 1.29 is 15.0 Å². The van der Waals surface area contributed by atoms with Gasteiger partial charge >= 0.3 is 0 Å². The van der Waals surface area contributed by atoms with Crippen LogP contribution in [0.15, 0.2) is 42.0 Å². The number of aromatic hydroxyl groups is 2. The molecule has 6 heteroatoms. The van der Waals surface area contributed by atoms with Crippen molar-refractivity contribution in [3.63, 3.8) is 0 Å². The van der Waals surface area contributed by atoms with Gasteiger partial charge in [0.25, 0.3) is 5.91 Å². The van der Waals surface area contributed by atoms with Crippen LogP contribution < -0.4 is 5.32 Å². The second-order valence-electron chi connectivity index (χ2n) is 5.93. The Morgan fingerprint density at radius 3 is 2.50 bits per heavy atom. The van der Waals surface area contributed by atoms with Gasteiger partial charge in [0.1, 0.15) is 11.6 Å². The molecule has 2 aromatic carbocycles. The molecule has 2 rings (SSSR count). The molecule has 0 heterocycles. The number of phenols is 2. The maximum Gasteiger partial charge on any atom is 0.266 e. The maximum absolute atomic E-state index is 12.3. The van der Waals surface area contributed by atoms with Gasteiger partial charge in [-0.2, -0.15) is 5.26 Å². The zero-order chi connectivity index (χ0) is 19.3. The predicted octanol–water partition coefficient (Wildman–Crippen LogP) is 4.81. The third kappa shape index (κ3) is 4.56. The molecule has 0 aliphatic rings. The van der Waals surface area contributed by atoms with E-state index in [0.717, 1.165) is 6.42 Å². The van der Waals surface area contributed by atoms with Crippen LogP contribution in [0.1, 0.15) is 37.3 Å². The van der Waals surface area contributed by atoms with E-state index in [0.29, 0.717) is 17.2 Å². The normalized spacial score (nSPS) is 12.3. The van der Waals surface area contributed by atoms with Gasteiger partial charge in [-0.15, -0.1) is 0 Å². The molecule has 0 radical (unpaired) electrons. The van der Waals surface area contributed by atoms with E-state index in [4.69, 9.17) is 11.6 Å². The van der Waals surface area contributed by atoms with E-state index in [1.54, 1.807) is 12.1 Å². The number of amides is 1. The van der Waals surface area contributed by atoms with Gasteiger partial charge in [-0.1, -0.05) is 37.6 Å². The quantitative estimate of drug-likeness (QED) is 0.400. The summed E-state index contributed by atoms with van der Waals surface area (Å²) in [7, 11) is 0. The first kappa shape index (κ1) is 19.4. The Kier molecular flexibility index (Phi) is 6.26. The Hall–Kier alpha value is -2.97. The highest BCUT2D eigenvalue weighted by molar-refractivity contribution is 6.32. The summed E-state index contributed by atoms with van der Waals surface area (Å²) in [6.45, 7) is 4.24. The van der Waals surface area contributed by atoms with Crippen molar-refractivity contribution >= 4 is 29.3 Å². The van der Waals surface area contributed by atoms with E-state index in [1.165, 1.54) is 23.8 Å². The average Bonchev–Trinajstić information content (AvgIpc) is 2.63. The zero-order valence-corrected chi connectivity index (χ0v) is 15.2. The number of phenolic OH excluding ortho intramolecular Hbond substituents is 2. The minimum absolute atomic E-state index is 0.0745. The molecule has 5 nitrogen and oxygen atoms in total. The Balaban J connectivity index is 2.20. The number of nitriles is 1. The van der Waals surface area contributed by atoms with Gasteiger partial charge in [-0.25, -0.2) is 0 Å². The lowest BCUT2D eigenvalue weighted by molar-refractivity contribution is -0.112. The van der Waals surface area contributed by atoms with E-state index in [-0.39, 0.29) is 10.6 Å². The van der Waals surface area contributed by atoms with Crippen LogP contribution in [0.3, 0.4) is 0 Å². The predicted molar refractivity (Wildman–Crippen MR) is 102 cm³/mol. The number of hydrogen-bond acceptors (Lipinski definition) is 4. The summed E-state index contributed by atoms with van der Waals surface area (Å²) in [5.41, 5.74) is 1.92. The largest absolute Gasteiger partial charge is 0.504 e. The number of benzene rings is 2. The summed E-state index contributed by atoms with van der Waals surface area (Å²) in [6, 6.07) is 11.9. The van der Waals surface area contributed by atoms with Crippen LogP contribution in [0, 0.1) is 11.3 Å². The van der Waals surface area contributed by atoms with Crippen LogP contribution >= 0.6 is 11.6 Å². The van der Waals surface area contributed by atoms with Crippen molar-refractivity contribution in [2.24, 2.45) is 0 Å². The number of halogens is 1. The number of nitrogens with one attached hydrogen (secondary N) is 1. The summed E-state index contributed by atoms with van der Waals surface area (Å²) in [5.74, 6) is -1.02. The number of anilines is 1. The zero-order valence-electron chi connectivity index (χ0n) is 14.5. The van der Waals surface area contributed by atoms with Crippen LogP contribution in [0.25, 0.3) is 6.08 Å². The lowest BCUT2D eigenvalue weighted by Gasteiger charge is -2.10. The molecule has 0 spiro atoms. The van der Waals surface area contributed by atoms with Crippen molar-refractivity contribution in [1.82, 2.24) is 0 Å². The third-order valence-electron chi connectivity index (χ3n) is 4.09. The molecular weight excluding hydrogens is 352 g/mol. The smallest absolute Gasteiger partial charge is 0.266 e. The minimum Gasteiger partial charge on any atom is -0.504 e. The number of nitrogens with zero attached hydrogens (tertiary/aromatic N) is 1. The average molecular weight is 371 g/mol. The lowest BCUT2D eigenvalue weighted by Crippen LogP contribution is -2.13. The molecule has 2 aromatic rings. The van der Waals surface area contributed by atoms with Crippen LogP contribution in [-0.2, 0) is 4.79 Å². The first-order chi connectivity index (χ1) is 12.3. The highest BCUT2D eigenvalue weighted by atomic mass is 35.5. The number of carbonyl (C=O) groups excluding carboxylic acids is 1. The summed E-state index contributed by atoms with van der Waals surface area (Å²) in [5, 5.41) is 30.9. The number of hydrogen-bond donors (Lipinski definition) is 3. The van der Waals surface area contributed by atoms with Crippen LogP contribution in [-0.4, -0.2) is 16.1 Å². The molecular formula is C20H19ClN2O3. The van der Waals surface area contributed by atoms with Gasteiger partial charge in [0, 0.05) is 5.69 Å². The standard InChI is InChI=1S/C20H19ClN2O3/c1-3-12(2)14-4-6-16(7-5-14)23-20(26)15(11-22)8-13-9-17(21)19(25)18(24)10-13/h4-10,12,24-25H,3H2,1-2H3,(H,23,26)/b15-8+/t12-/m1/s1. The van der Waals surface area contributed by atoms with Crippen LogP contribution in [0.2, 0.25) is 5.02 Å². The Morgan fingerprint density at radius 1 is 1.31 bits per heavy atom. The fourth-order valence-electron chi connectivity index (χ4n) is 2.33. The lowest BCUT2D eigenvalue weighted by atomic mass is 9.98. The molecule has 26 heavy (non-hydrogen) atoms. The van der Waals surface area contributed by atoms with Gasteiger partial charge in [-0.05, 0) is 53.8 Å². The molecule has 0 aliphatic carbocycles. The van der Waals surface area contributed by atoms with Crippen molar-refractivity contribution in [3.8, 4) is 17.6 Å². The van der Waals surface area contributed by atoms with Gasteiger partial charge in [-0.3, -0.25) is 4.79 Å². The molecule has 3 N–H and O–H groups in total. The Morgan fingerprint density at radius 2 is 1.96 bits per heavy atom. The molecule has 0 aromatic heterocycles. The monoisotopic (exact) mass is 370 g/mol. The molecule has 0 aliphatic heterocycles. The third-order valence-corrected chi connectivity index (χ3v) is 4.38. The molecule has 0 saturated heterocycles. The summed E-state index contributed by atoms with van der Waals surface area (Å²) in [6.07, 6.45) is 2.31. The molecule has 0 bridgehead atoms. The molecule has 1 amide bonds. The number of carbonyl (C=O) groups is 1. The second-order valence-corrected chi connectivity index (χ2v) is 6.33. The Labute approximate surface area is 157 Å². The van der Waals surface area contributed by atoms with Crippen molar-refractivity contribution in [1.29, 1.82) is 5.26 Å². The molecule has 1 atom stereocenters. The molecule has 0 fully saturated rings. The summed E-state index contributed by atoms with van der Waals surface area (Å²) < 4.78 is 0. The van der Waals surface area contributed by atoms with Crippen LogP contribution in [0.4, 0.5) is 5.69 Å². The van der Waals surface area contributed by atoms with E-state index >= 15 is 0 Å². The summed E-state index contributed by atoms with van der Waals surface area (Å²) in [4.78, 5) is 12.3. The van der Waals surface area contributed by atoms with Crippen molar-refractivity contribution in [3.05, 3.63) is 58.1 Å². The van der Waals surface area contributed by atoms with E-state index in [2.05, 4.69) is 19.2 Å². The molecule has 0 unspecified atom stereocenters. The van der Waals surface area contributed by atoms with E-state index < -0.39 is 17.4 Å². The molecule has 134 valence electrons. The van der Waals surface area contributed by atoms with Gasteiger partial charge in [0.2, 0.25) is 0 Å². The second kappa shape index (κ2) is 8.41. The first-order valence-electron chi connectivity index (χ1n) is 8.10. The van der Waals surface area contributed by atoms with Crippen LogP contribution in [0.5, 0.6) is 11.5 Å². The van der Waals surface area contributed by atoms with E-state index in [9.17, 15) is 20.3 Å². The maximum atomic E-state index is 12.3. The van der Waals surface area contributed by atoms with Gasteiger partial charge < -0.3 is 15.5 Å². The van der Waals surface area contributed by atoms with Crippen molar-refractivity contribution in [2.75, 3.05) is 5.32 Å². The Bertz CT molecular complexity index is 860. The number of rotatable bonds is 5. The highest BCUT2D eigenvalue weighted by Crippen LogP contribution is 2.34. The van der Waals surface area contributed by atoms with Gasteiger partial charge in [0.15, 0.2) is 11.5 Å².